The van der Waals surface area contributed by atoms with Crippen molar-refractivity contribution in [2.24, 2.45) is 0 Å². The first-order valence-corrected chi connectivity index (χ1v) is 11.9. The maximum absolute atomic E-state index is 8.25. The van der Waals surface area contributed by atoms with E-state index < -0.39 is 10.2 Å². The molecular formula is C24H38N6O7Pb. The Bertz CT molecular complexity index is 746. The van der Waals surface area contributed by atoms with Gasteiger partial charge in [0.25, 0.3) is 0 Å². The molecule has 1 aliphatic heterocycles. The van der Waals surface area contributed by atoms with E-state index in [2.05, 4.69) is 81.1 Å². The quantitative estimate of drug-likeness (QED) is 0.263. The molecule has 1 aliphatic rings. The van der Waals surface area contributed by atoms with E-state index in [4.69, 9.17) is 30.6 Å². The summed E-state index contributed by atoms with van der Waals surface area (Å²) in [7, 11) is 0. The topological polar surface area (TPSA) is 194 Å². The largest absolute Gasteiger partial charge is 2.00 e. The molecule has 38 heavy (non-hydrogen) atoms. The van der Waals surface area contributed by atoms with Gasteiger partial charge in [-0.15, -0.1) is 0 Å². The van der Waals surface area contributed by atoms with Crippen molar-refractivity contribution in [1.82, 2.24) is 20.4 Å². The van der Waals surface area contributed by atoms with Crippen LogP contribution in [0.3, 0.4) is 0 Å². The van der Waals surface area contributed by atoms with Crippen LogP contribution in [0.25, 0.3) is 0 Å². The van der Waals surface area contributed by atoms with Gasteiger partial charge in [-0.25, -0.2) is 0 Å². The Labute approximate surface area is 243 Å². The van der Waals surface area contributed by atoms with Crippen molar-refractivity contribution in [2.75, 3.05) is 52.4 Å². The Kier molecular flexibility index (Phi) is 24.7. The summed E-state index contributed by atoms with van der Waals surface area (Å²) in [6.07, 6.45) is 2.40. The van der Waals surface area contributed by atoms with Gasteiger partial charge in [0.05, 0.1) is 10.2 Å². The molecule has 2 aromatic carbocycles. The molecule has 3 rings (SSSR count). The molecule has 0 amide bonds. The van der Waals surface area contributed by atoms with E-state index in [1.54, 1.807) is 0 Å². The van der Waals surface area contributed by atoms with E-state index >= 15 is 0 Å². The van der Waals surface area contributed by atoms with E-state index in [1.807, 2.05) is 0 Å². The predicted octanol–water partition coefficient (Wildman–Crippen LogP) is 1.28. The van der Waals surface area contributed by atoms with E-state index in [1.165, 1.54) is 24.0 Å². The summed E-state index contributed by atoms with van der Waals surface area (Å²) in [6.45, 7) is 11.0. The van der Waals surface area contributed by atoms with E-state index in [0.29, 0.717) is 0 Å². The van der Waals surface area contributed by atoms with Gasteiger partial charge >= 0.3 is 27.3 Å². The average molecular weight is 730 g/mol. The molecule has 1 heterocycles. The Morgan fingerprint density at radius 1 is 0.605 bits per heavy atom. The van der Waals surface area contributed by atoms with E-state index in [9.17, 15) is 0 Å². The number of nitrogens with zero attached hydrogens (tertiary/aromatic N) is 4. The second-order valence-electron chi connectivity index (χ2n) is 8.18. The normalized spacial score (nSPS) is 15.4. The summed E-state index contributed by atoms with van der Waals surface area (Å²) in [4.78, 5) is 21.7. The fourth-order valence-electron chi connectivity index (χ4n) is 3.80. The minimum atomic E-state index is -1.75. The second-order valence-corrected chi connectivity index (χ2v) is 8.18. The van der Waals surface area contributed by atoms with Crippen molar-refractivity contribution in [3.63, 3.8) is 0 Å². The summed E-state index contributed by atoms with van der Waals surface area (Å²) >= 11 is 0. The maximum atomic E-state index is 8.25. The van der Waals surface area contributed by atoms with Gasteiger partial charge in [0.1, 0.15) is 0 Å². The number of rotatable bonds is 4. The van der Waals surface area contributed by atoms with Crippen molar-refractivity contribution in [3.05, 3.63) is 102 Å². The molecule has 14 heteroatoms. The molecular weight excluding hydrogens is 691 g/mol. The molecule has 0 spiro atoms. The van der Waals surface area contributed by atoms with Crippen LogP contribution in [0.2, 0.25) is 0 Å². The minimum absolute atomic E-state index is 0. The average Bonchev–Trinajstić information content (AvgIpc) is 2.83. The molecule has 13 nitrogen and oxygen atoms in total. The van der Waals surface area contributed by atoms with Crippen LogP contribution in [0.1, 0.15) is 24.0 Å². The molecule has 0 aromatic heterocycles. The minimum Gasteiger partial charge on any atom is -0.412 e. The molecule has 0 aliphatic carbocycles. The molecule has 1 fully saturated rings. The van der Waals surface area contributed by atoms with Gasteiger partial charge in [0.15, 0.2) is 0 Å². The zero-order chi connectivity index (χ0) is 26.4. The van der Waals surface area contributed by atoms with E-state index in [0.717, 1.165) is 65.4 Å². The summed E-state index contributed by atoms with van der Waals surface area (Å²) < 4.78 is 0. The summed E-state index contributed by atoms with van der Waals surface area (Å²) in [6, 6.07) is 21.7. The summed E-state index contributed by atoms with van der Waals surface area (Å²) in [5.74, 6) is 0. The molecule has 2 aromatic rings. The van der Waals surface area contributed by atoms with Crippen molar-refractivity contribution in [2.45, 2.75) is 25.9 Å². The van der Waals surface area contributed by atoms with Gasteiger partial charge in [0.2, 0.25) is 0 Å². The zero-order valence-electron chi connectivity index (χ0n) is 21.5. The van der Waals surface area contributed by atoms with Gasteiger partial charge in [-0.1, -0.05) is 60.7 Å². The third-order valence-corrected chi connectivity index (χ3v) is 5.36. The number of hydrogen-bond donors (Lipinski definition) is 2. The molecule has 2 radical (unpaired) electrons. The first-order valence-electron chi connectivity index (χ1n) is 11.9. The second kappa shape index (κ2) is 24.9. The zero-order valence-corrected chi connectivity index (χ0v) is 25.4. The van der Waals surface area contributed by atoms with Crippen LogP contribution in [0.5, 0.6) is 0 Å². The molecule has 0 bridgehead atoms. The number of hydrogen-bond acceptors (Lipinski definition) is 10. The van der Waals surface area contributed by atoms with Crippen molar-refractivity contribution in [1.29, 1.82) is 0 Å². The van der Waals surface area contributed by atoms with Crippen molar-refractivity contribution in [3.8, 4) is 0 Å². The molecule has 0 saturated carbocycles. The van der Waals surface area contributed by atoms with Gasteiger partial charge < -0.3 is 46.8 Å². The molecule has 4 N–H and O–H groups in total. The molecule has 0 unspecified atom stereocenters. The smallest absolute Gasteiger partial charge is 0.412 e. The monoisotopic (exact) mass is 730 g/mol. The Balaban J connectivity index is 0. The Hall–Kier alpha value is -2.44. The third kappa shape index (κ3) is 22.7. The fourth-order valence-corrected chi connectivity index (χ4v) is 3.80. The van der Waals surface area contributed by atoms with Crippen LogP contribution in [-0.2, 0) is 13.1 Å². The van der Waals surface area contributed by atoms with Gasteiger partial charge in [-0.05, 0) is 50.1 Å². The van der Waals surface area contributed by atoms with Crippen LogP contribution in [0.15, 0.2) is 60.7 Å². The first kappa shape index (κ1) is 37.7. The Morgan fingerprint density at radius 2 is 0.921 bits per heavy atom. The fraction of sp³-hybridized carbons (Fsp3) is 0.500. The third-order valence-electron chi connectivity index (χ3n) is 5.36. The van der Waals surface area contributed by atoms with Crippen LogP contribution >= 0.6 is 0 Å². The van der Waals surface area contributed by atoms with Crippen LogP contribution in [-0.4, -0.2) is 105 Å². The van der Waals surface area contributed by atoms with Crippen LogP contribution in [0, 0.1) is 30.6 Å². The first-order chi connectivity index (χ1) is 17.4. The van der Waals surface area contributed by atoms with Gasteiger partial charge in [-0.3, -0.25) is 9.80 Å². The molecule has 0 atom stereocenters. The maximum Gasteiger partial charge on any atom is 2.00 e. The summed E-state index contributed by atoms with van der Waals surface area (Å²) in [5, 5.41) is 36.8. The molecule has 210 valence electrons. The van der Waals surface area contributed by atoms with Gasteiger partial charge in [0, 0.05) is 39.3 Å². The SMILES string of the molecule is O.O=[N+]([O-])[O-].O=[N+]([O-])[O-].[Pb+2].c1ccc(CN2CCCNCCN(Cc3ccccc3)CCCNCC2)cc1. The standard InChI is InChI=1S/C24H36N4.2NO3.H2O.Pb/c1-3-9-23(10-4-1)21-27-17-7-13-26-16-20-28(18-8-14-25-15-19-27)22-24-11-5-2-6-12-24;2*2-1(3)4;;/h1-6,9-12,25-26H,7-8,13-22H2;;;1H2;/q;2*-1;;+2. The summed E-state index contributed by atoms with van der Waals surface area (Å²) in [5.41, 5.74) is 2.82. The number of nitrogens with one attached hydrogen (secondary N) is 2. The van der Waals surface area contributed by atoms with Crippen molar-refractivity contribution >= 4 is 27.3 Å². The van der Waals surface area contributed by atoms with Crippen molar-refractivity contribution < 1.29 is 15.6 Å². The van der Waals surface area contributed by atoms with Crippen LogP contribution in [0.4, 0.5) is 0 Å². The van der Waals surface area contributed by atoms with E-state index in [-0.39, 0.29) is 32.8 Å². The Morgan fingerprint density at radius 3 is 1.24 bits per heavy atom. The number of benzene rings is 2. The molecule has 1 saturated heterocycles. The predicted molar refractivity (Wildman–Crippen MR) is 149 cm³/mol. The van der Waals surface area contributed by atoms with Crippen LogP contribution < -0.4 is 10.6 Å². The van der Waals surface area contributed by atoms with Gasteiger partial charge in [-0.2, -0.15) is 0 Å².